The number of aromatic nitrogens is 2. The molecule has 2 aliphatic heterocycles. The van der Waals surface area contributed by atoms with Crippen LogP contribution in [0.3, 0.4) is 0 Å². The molecular weight excluding hydrogens is 701 g/mol. The largest absolute Gasteiger partial charge is 0.373 e. The van der Waals surface area contributed by atoms with Gasteiger partial charge in [-0.2, -0.15) is 0 Å². The topological polar surface area (TPSA) is 74.3 Å². The van der Waals surface area contributed by atoms with Gasteiger partial charge < -0.3 is 19.3 Å². The monoisotopic (exact) mass is 736 g/mol. The van der Waals surface area contributed by atoms with Gasteiger partial charge in [0, 0.05) is 63.1 Å². The SMILES string of the molecule is O=C(C(COCc1cscn1)N1CCN(c2ccc(F)cc2Cl)CC1)C(COCc1cscn1)N1CCN(c2ccc(F)cc2Cl)CC1. The third-order valence-electron chi connectivity index (χ3n) is 8.69. The molecular formula is C33H36Cl2F2N6O3S2. The number of ether oxygens (including phenoxy) is 2. The molecule has 6 rings (SSSR count). The summed E-state index contributed by atoms with van der Waals surface area (Å²) in [6, 6.07) is 7.78. The summed E-state index contributed by atoms with van der Waals surface area (Å²) in [4.78, 5) is 31.9. The summed E-state index contributed by atoms with van der Waals surface area (Å²) >= 11 is 15.8. The molecule has 0 bridgehead atoms. The minimum atomic E-state index is -0.535. The average molecular weight is 738 g/mol. The Bertz CT molecular complexity index is 1500. The third-order valence-corrected chi connectivity index (χ3v) is 10.6. The number of rotatable bonds is 14. The summed E-state index contributed by atoms with van der Waals surface area (Å²) < 4.78 is 39.7. The molecule has 0 spiro atoms. The van der Waals surface area contributed by atoms with Crippen LogP contribution in [0.2, 0.25) is 10.0 Å². The molecule has 2 fully saturated rings. The molecule has 4 heterocycles. The Hall–Kier alpha value is -2.75. The highest BCUT2D eigenvalue weighted by Gasteiger charge is 2.38. The number of carbonyl (C=O) groups is 1. The van der Waals surface area contributed by atoms with Crippen LogP contribution >= 0.6 is 45.9 Å². The van der Waals surface area contributed by atoms with Crippen molar-refractivity contribution in [1.82, 2.24) is 19.8 Å². The number of carbonyl (C=O) groups excluding carboxylic acids is 1. The molecule has 0 amide bonds. The molecule has 48 heavy (non-hydrogen) atoms. The van der Waals surface area contributed by atoms with Gasteiger partial charge in [-0.25, -0.2) is 18.7 Å². The Kier molecular flexibility index (Phi) is 12.3. The van der Waals surface area contributed by atoms with Gasteiger partial charge in [0.25, 0.3) is 0 Å². The van der Waals surface area contributed by atoms with Crippen LogP contribution in [-0.2, 0) is 27.5 Å². The second kappa shape index (κ2) is 16.8. The van der Waals surface area contributed by atoms with E-state index >= 15 is 0 Å². The van der Waals surface area contributed by atoms with Gasteiger partial charge in [0.15, 0.2) is 5.78 Å². The molecule has 2 aliphatic rings. The quantitative estimate of drug-likeness (QED) is 0.158. The molecule has 256 valence electrons. The van der Waals surface area contributed by atoms with Crippen LogP contribution < -0.4 is 9.80 Å². The average Bonchev–Trinajstić information content (AvgIpc) is 3.81. The van der Waals surface area contributed by atoms with Crippen molar-refractivity contribution >= 4 is 63.0 Å². The Balaban J connectivity index is 1.18. The predicted molar refractivity (Wildman–Crippen MR) is 187 cm³/mol. The van der Waals surface area contributed by atoms with E-state index < -0.39 is 12.1 Å². The van der Waals surface area contributed by atoms with Crippen LogP contribution in [0.4, 0.5) is 20.2 Å². The summed E-state index contributed by atoms with van der Waals surface area (Å²) in [5.74, 6) is -0.738. The molecule has 2 aromatic carbocycles. The number of piperazine rings is 2. The number of ketones is 1. The predicted octanol–water partition coefficient (Wildman–Crippen LogP) is 5.87. The summed E-state index contributed by atoms with van der Waals surface area (Å²) in [6.07, 6.45) is 0. The fourth-order valence-electron chi connectivity index (χ4n) is 6.15. The number of anilines is 2. The normalized spacial score (nSPS) is 17.5. The maximum absolute atomic E-state index is 14.7. The van der Waals surface area contributed by atoms with Crippen molar-refractivity contribution in [3.8, 4) is 0 Å². The van der Waals surface area contributed by atoms with Crippen molar-refractivity contribution in [3.63, 3.8) is 0 Å². The van der Waals surface area contributed by atoms with E-state index in [9.17, 15) is 13.6 Å². The Morgan fingerprint density at radius 2 is 1.12 bits per heavy atom. The highest BCUT2D eigenvalue weighted by molar-refractivity contribution is 7.07. The number of benzene rings is 2. The first-order valence-electron chi connectivity index (χ1n) is 15.7. The minimum Gasteiger partial charge on any atom is -0.373 e. The standard InChI is InChI=1S/C33H36Cl2F2N6O3S2/c34-27-13-23(36)1-3-29(27)40-5-9-42(10-6-40)31(17-45-15-25-19-47-21-38-25)33(44)32(18-46-16-26-20-48-22-39-26)43-11-7-41(8-12-43)30-4-2-24(37)14-28(30)35/h1-4,13-14,19-22,31-32H,5-12,15-18H2. The van der Waals surface area contributed by atoms with Crippen molar-refractivity contribution in [3.05, 3.63) is 91.2 Å². The van der Waals surface area contributed by atoms with E-state index in [1.54, 1.807) is 23.2 Å². The summed E-state index contributed by atoms with van der Waals surface area (Å²) in [5.41, 5.74) is 6.70. The van der Waals surface area contributed by atoms with Crippen LogP contribution in [0.5, 0.6) is 0 Å². The van der Waals surface area contributed by atoms with Crippen molar-refractivity contribution in [1.29, 1.82) is 0 Å². The number of nitrogens with zero attached hydrogens (tertiary/aromatic N) is 6. The molecule has 2 unspecified atom stereocenters. The molecule has 2 atom stereocenters. The van der Waals surface area contributed by atoms with Gasteiger partial charge in [-0.1, -0.05) is 23.2 Å². The molecule has 15 heteroatoms. The van der Waals surface area contributed by atoms with Gasteiger partial charge in [-0.05, 0) is 36.4 Å². The molecule has 4 aromatic rings. The zero-order valence-corrected chi connectivity index (χ0v) is 29.3. The number of hydrogen-bond acceptors (Lipinski definition) is 11. The fraction of sp³-hybridized carbons (Fsp3) is 0.424. The zero-order chi connectivity index (χ0) is 33.5. The number of Topliss-reactive ketones (excluding diaryl/α,β-unsaturated/α-hetero) is 1. The van der Waals surface area contributed by atoms with Gasteiger partial charge in [-0.3, -0.25) is 14.6 Å². The lowest BCUT2D eigenvalue weighted by atomic mass is 10.0. The smallest absolute Gasteiger partial charge is 0.171 e. The molecule has 0 radical (unpaired) electrons. The molecule has 0 aliphatic carbocycles. The maximum atomic E-state index is 14.7. The molecule has 9 nitrogen and oxygen atoms in total. The summed E-state index contributed by atoms with van der Waals surface area (Å²) in [5, 5.41) is 4.59. The van der Waals surface area contributed by atoms with E-state index in [0.29, 0.717) is 75.6 Å². The highest BCUT2D eigenvalue weighted by atomic mass is 35.5. The molecule has 2 saturated heterocycles. The van der Waals surface area contributed by atoms with E-state index in [0.717, 1.165) is 22.8 Å². The Morgan fingerprint density at radius 3 is 1.48 bits per heavy atom. The van der Waals surface area contributed by atoms with E-state index in [-0.39, 0.29) is 30.6 Å². The van der Waals surface area contributed by atoms with Gasteiger partial charge in [0.2, 0.25) is 0 Å². The van der Waals surface area contributed by atoms with E-state index in [1.165, 1.54) is 46.9 Å². The first kappa shape index (κ1) is 35.1. The summed E-state index contributed by atoms with van der Waals surface area (Å²) in [6.45, 7) is 5.82. The zero-order valence-electron chi connectivity index (χ0n) is 26.1. The minimum absolute atomic E-state index is 0.0214. The highest BCUT2D eigenvalue weighted by Crippen LogP contribution is 2.30. The van der Waals surface area contributed by atoms with Gasteiger partial charge in [-0.15, -0.1) is 22.7 Å². The lowest BCUT2D eigenvalue weighted by molar-refractivity contribution is -0.135. The number of thiazole rings is 2. The Labute approximate surface area is 296 Å². The van der Waals surface area contributed by atoms with Crippen molar-refractivity contribution in [2.24, 2.45) is 0 Å². The van der Waals surface area contributed by atoms with Crippen molar-refractivity contribution in [2.75, 3.05) is 75.4 Å². The number of hydrogen-bond donors (Lipinski definition) is 0. The fourth-order valence-corrected chi connectivity index (χ4v) is 7.81. The lowest BCUT2D eigenvalue weighted by Gasteiger charge is -2.43. The van der Waals surface area contributed by atoms with Gasteiger partial charge >= 0.3 is 0 Å². The van der Waals surface area contributed by atoms with Gasteiger partial charge in [0.1, 0.15) is 11.6 Å². The second-order valence-corrected chi connectivity index (χ2v) is 13.9. The van der Waals surface area contributed by atoms with E-state index in [1.807, 2.05) is 10.8 Å². The van der Waals surface area contributed by atoms with E-state index in [4.69, 9.17) is 32.7 Å². The second-order valence-electron chi connectivity index (χ2n) is 11.7. The van der Waals surface area contributed by atoms with Crippen LogP contribution in [-0.4, -0.2) is 103 Å². The summed E-state index contributed by atoms with van der Waals surface area (Å²) in [7, 11) is 0. The van der Waals surface area contributed by atoms with E-state index in [2.05, 4.69) is 29.6 Å². The van der Waals surface area contributed by atoms with Crippen LogP contribution in [0.1, 0.15) is 11.4 Å². The van der Waals surface area contributed by atoms with Crippen LogP contribution in [0.25, 0.3) is 0 Å². The maximum Gasteiger partial charge on any atom is 0.171 e. The lowest BCUT2D eigenvalue weighted by Crippen LogP contribution is -2.61. The molecule has 0 saturated carbocycles. The number of halogens is 4. The Morgan fingerprint density at radius 1 is 0.708 bits per heavy atom. The van der Waals surface area contributed by atoms with Crippen molar-refractivity contribution < 1.29 is 23.0 Å². The van der Waals surface area contributed by atoms with Crippen LogP contribution in [0, 0.1) is 11.6 Å². The first-order chi connectivity index (χ1) is 23.4. The van der Waals surface area contributed by atoms with Crippen molar-refractivity contribution in [2.45, 2.75) is 25.3 Å². The first-order valence-corrected chi connectivity index (χ1v) is 18.3. The van der Waals surface area contributed by atoms with Gasteiger partial charge in [0.05, 0.1) is 82.3 Å². The molecule has 0 N–H and O–H groups in total. The molecule has 2 aromatic heterocycles. The third kappa shape index (κ3) is 8.88. The van der Waals surface area contributed by atoms with Crippen LogP contribution in [0.15, 0.2) is 58.2 Å².